The first-order valence-electron chi connectivity index (χ1n) is 4.85. The molecule has 1 aromatic heterocycles. The van der Waals surface area contributed by atoms with Crippen LogP contribution in [0.4, 0.5) is 0 Å². The average molecular weight is 199 g/mol. The lowest BCUT2D eigenvalue weighted by Gasteiger charge is -1.99. The van der Waals surface area contributed by atoms with Gasteiger partial charge in [-0.25, -0.2) is 0 Å². The van der Waals surface area contributed by atoms with Crippen LogP contribution in [0.2, 0.25) is 0 Å². The highest BCUT2D eigenvalue weighted by molar-refractivity contribution is 4.91. The summed E-state index contributed by atoms with van der Waals surface area (Å²) in [4.78, 5) is 4.19. The summed E-state index contributed by atoms with van der Waals surface area (Å²) in [6.07, 6.45) is 2.48. The molecule has 5 nitrogen and oxygen atoms in total. The molecule has 1 heterocycles. The quantitative estimate of drug-likeness (QED) is 0.693. The van der Waals surface area contributed by atoms with Crippen LogP contribution in [0.1, 0.15) is 37.5 Å². The van der Waals surface area contributed by atoms with Crippen LogP contribution in [0, 0.1) is 0 Å². The highest BCUT2D eigenvalue weighted by atomic mass is 16.5. The monoisotopic (exact) mass is 199 g/mol. The molecule has 0 aliphatic heterocycles. The lowest BCUT2D eigenvalue weighted by Crippen LogP contribution is -2.09. The van der Waals surface area contributed by atoms with Crippen LogP contribution >= 0.6 is 0 Å². The van der Waals surface area contributed by atoms with Gasteiger partial charge in [0.05, 0.1) is 6.04 Å². The molecule has 1 atom stereocenters. The number of hydrogen-bond acceptors (Lipinski definition) is 5. The molecule has 1 aromatic rings. The van der Waals surface area contributed by atoms with Crippen molar-refractivity contribution in [1.82, 2.24) is 10.1 Å². The third-order valence-corrected chi connectivity index (χ3v) is 1.99. The molecule has 0 fully saturated rings. The molecule has 0 saturated heterocycles. The van der Waals surface area contributed by atoms with Crippen LogP contribution in [0.5, 0.6) is 0 Å². The van der Waals surface area contributed by atoms with Crippen molar-refractivity contribution in [2.45, 2.75) is 32.2 Å². The van der Waals surface area contributed by atoms with Crippen molar-refractivity contribution < 1.29 is 9.26 Å². The van der Waals surface area contributed by atoms with E-state index >= 15 is 0 Å². The van der Waals surface area contributed by atoms with Gasteiger partial charge in [0.25, 0.3) is 0 Å². The van der Waals surface area contributed by atoms with Gasteiger partial charge in [-0.1, -0.05) is 12.1 Å². The minimum atomic E-state index is -0.140. The molecule has 0 aromatic carbocycles. The second-order valence-corrected chi connectivity index (χ2v) is 3.16. The summed E-state index contributed by atoms with van der Waals surface area (Å²) in [7, 11) is 1.68. The van der Waals surface area contributed by atoms with Crippen molar-refractivity contribution in [1.29, 1.82) is 0 Å². The molecule has 5 heteroatoms. The van der Waals surface area contributed by atoms with Gasteiger partial charge in [-0.05, 0) is 12.8 Å². The minimum Gasteiger partial charge on any atom is -0.385 e. The lowest BCUT2D eigenvalue weighted by molar-refractivity contribution is 0.194. The summed E-state index contributed by atoms with van der Waals surface area (Å²) in [5.41, 5.74) is 5.74. The molecule has 0 bridgehead atoms. The van der Waals surface area contributed by atoms with Gasteiger partial charge in [-0.15, -0.1) is 0 Å². The summed E-state index contributed by atoms with van der Waals surface area (Å²) in [6, 6.07) is -0.140. The fraction of sp³-hybridized carbons (Fsp3) is 0.778. The Morgan fingerprint density at radius 1 is 1.57 bits per heavy atom. The summed E-state index contributed by atoms with van der Waals surface area (Å²) in [5, 5.41) is 3.84. The van der Waals surface area contributed by atoms with E-state index in [-0.39, 0.29) is 6.04 Å². The summed E-state index contributed by atoms with van der Waals surface area (Å²) >= 11 is 0. The highest BCUT2D eigenvalue weighted by Crippen LogP contribution is 2.11. The molecule has 0 saturated carbocycles. The predicted octanol–water partition coefficient (Wildman–Crippen LogP) is 1.06. The van der Waals surface area contributed by atoms with E-state index in [1.807, 2.05) is 6.92 Å². The normalized spacial score (nSPS) is 13.1. The van der Waals surface area contributed by atoms with Crippen molar-refractivity contribution in [3.05, 3.63) is 11.7 Å². The van der Waals surface area contributed by atoms with Crippen molar-refractivity contribution in [2.75, 3.05) is 13.7 Å². The molecule has 0 aliphatic carbocycles. The first-order valence-corrected chi connectivity index (χ1v) is 4.85. The third kappa shape index (κ3) is 3.08. The van der Waals surface area contributed by atoms with Crippen molar-refractivity contribution in [3.63, 3.8) is 0 Å². The molecular weight excluding hydrogens is 182 g/mol. The maximum absolute atomic E-state index is 5.74. The summed E-state index contributed by atoms with van der Waals surface area (Å²) < 4.78 is 9.95. The summed E-state index contributed by atoms with van der Waals surface area (Å²) in [6.45, 7) is 2.70. The van der Waals surface area contributed by atoms with Gasteiger partial charge in [0.15, 0.2) is 5.82 Å². The second-order valence-electron chi connectivity index (χ2n) is 3.16. The standard InChI is InChI=1S/C9H17N3O2/c1-3-7(10)9-11-8(12-14-9)5-4-6-13-2/h7H,3-6,10H2,1-2H3/t7-/m0/s1. The first-order chi connectivity index (χ1) is 6.77. The van der Waals surface area contributed by atoms with E-state index in [1.54, 1.807) is 7.11 Å². The first kappa shape index (κ1) is 11.1. The van der Waals surface area contributed by atoms with E-state index in [1.165, 1.54) is 0 Å². The van der Waals surface area contributed by atoms with Gasteiger partial charge >= 0.3 is 0 Å². The zero-order valence-corrected chi connectivity index (χ0v) is 8.69. The molecular formula is C9H17N3O2. The van der Waals surface area contributed by atoms with Gasteiger partial charge < -0.3 is 15.0 Å². The van der Waals surface area contributed by atoms with E-state index in [0.29, 0.717) is 18.3 Å². The van der Waals surface area contributed by atoms with E-state index in [2.05, 4.69) is 10.1 Å². The number of nitrogens with two attached hydrogens (primary N) is 1. The zero-order chi connectivity index (χ0) is 10.4. The van der Waals surface area contributed by atoms with Gasteiger partial charge in [0.1, 0.15) is 0 Å². The fourth-order valence-corrected chi connectivity index (χ4v) is 1.07. The Hall–Kier alpha value is -0.940. The van der Waals surface area contributed by atoms with Gasteiger partial charge in [-0.2, -0.15) is 4.98 Å². The third-order valence-electron chi connectivity index (χ3n) is 1.99. The average Bonchev–Trinajstić information content (AvgIpc) is 2.66. The molecule has 14 heavy (non-hydrogen) atoms. The van der Waals surface area contributed by atoms with Crippen molar-refractivity contribution in [3.8, 4) is 0 Å². The topological polar surface area (TPSA) is 74.2 Å². The van der Waals surface area contributed by atoms with E-state index < -0.39 is 0 Å². The number of rotatable bonds is 6. The fourth-order valence-electron chi connectivity index (χ4n) is 1.07. The number of hydrogen-bond donors (Lipinski definition) is 1. The smallest absolute Gasteiger partial charge is 0.243 e. The van der Waals surface area contributed by atoms with Gasteiger partial charge in [-0.3, -0.25) is 0 Å². The Morgan fingerprint density at radius 3 is 3.00 bits per heavy atom. The molecule has 1 rings (SSSR count). The largest absolute Gasteiger partial charge is 0.385 e. The number of ether oxygens (including phenoxy) is 1. The molecule has 80 valence electrons. The molecule has 0 aliphatic rings. The zero-order valence-electron chi connectivity index (χ0n) is 8.69. The Bertz CT molecular complexity index is 262. The maximum atomic E-state index is 5.74. The van der Waals surface area contributed by atoms with E-state index in [0.717, 1.165) is 19.3 Å². The Morgan fingerprint density at radius 2 is 2.36 bits per heavy atom. The van der Waals surface area contributed by atoms with Gasteiger partial charge in [0.2, 0.25) is 5.89 Å². The Labute approximate surface area is 83.6 Å². The van der Waals surface area contributed by atoms with Crippen LogP contribution in [-0.4, -0.2) is 23.9 Å². The Balaban J connectivity index is 2.42. The number of nitrogens with zero attached hydrogens (tertiary/aromatic N) is 2. The number of methoxy groups -OCH3 is 1. The van der Waals surface area contributed by atoms with Crippen molar-refractivity contribution >= 4 is 0 Å². The van der Waals surface area contributed by atoms with Crippen molar-refractivity contribution in [2.24, 2.45) is 5.73 Å². The number of aromatic nitrogens is 2. The maximum Gasteiger partial charge on any atom is 0.243 e. The molecule has 0 spiro atoms. The van der Waals surface area contributed by atoms with Crippen LogP contribution in [0.3, 0.4) is 0 Å². The summed E-state index contributed by atoms with van der Waals surface area (Å²) in [5.74, 6) is 1.24. The number of aryl methyl sites for hydroxylation is 1. The van der Waals surface area contributed by atoms with E-state index in [9.17, 15) is 0 Å². The van der Waals surface area contributed by atoms with Crippen LogP contribution in [0.25, 0.3) is 0 Å². The van der Waals surface area contributed by atoms with Crippen LogP contribution in [-0.2, 0) is 11.2 Å². The van der Waals surface area contributed by atoms with Gasteiger partial charge in [0, 0.05) is 20.1 Å². The Kier molecular flexibility index (Phi) is 4.55. The molecule has 0 amide bonds. The molecule has 0 unspecified atom stereocenters. The molecule has 0 radical (unpaired) electrons. The van der Waals surface area contributed by atoms with Crippen LogP contribution < -0.4 is 5.73 Å². The van der Waals surface area contributed by atoms with Crippen LogP contribution in [0.15, 0.2) is 4.52 Å². The van der Waals surface area contributed by atoms with E-state index in [4.69, 9.17) is 15.0 Å². The minimum absolute atomic E-state index is 0.140. The lowest BCUT2D eigenvalue weighted by atomic mass is 10.2. The molecule has 2 N–H and O–H groups in total. The second kappa shape index (κ2) is 5.72. The predicted molar refractivity (Wildman–Crippen MR) is 51.7 cm³/mol. The highest BCUT2D eigenvalue weighted by Gasteiger charge is 2.12. The SMILES string of the molecule is CC[C@H](N)c1nc(CCCOC)no1.